The van der Waals surface area contributed by atoms with Crippen molar-refractivity contribution in [3.05, 3.63) is 146 Å². The van der Waals surface area contributed by atoms with E-state index in [1.54, 1.807) is 0 Å². The van der Waals surface area contributed by atoms with Crippen molar-refractivity contribution in [1.82, 2.24) is 0 Å². The molecular weight excluding hydrogens is 813 g/mol. The molecule has 5 heteroatoms. The Balaban J connectivity index is 4.47. The van der Waals surface area contributed by atoms with Crippen LogP contribution in [0.5, 0.6) is 0 Å². The molecule has 0 radical (unpaired) electrons. The normalized spacial score (nSPS) is 13.4. The van der Waals surface area contributed by atoms with E-state index in [0.29, 0.717) is 19.4 Å². The van der Waals surface area contributed by atoms with Gasteiger partial charge in [0, 0.05) is 19.4 Å². The lowest BCUT2D eigenvalue weighted by Gasteiger charge is -2.18. The fraction of sp³-hybridized carbons (Fsp3) is 0.574. The number of allylic oxidation sites excluding steroid dienone is 24. The lowest BCUT2D eigenvalue weighted by atomic mass is 10.1. The number of hydrogen-bond acceptors (Lipinski definition) is 5. The topological polar surface area (TPSA) is 61.8 Å². The molecule has 0 amide bonds. The SMILES string of the molecule is CC/C=C\C/C=C\C/C=C\C/C=C\C/C=C\C/C=C\CCC(=O)OCC(COCCCCCCC/C=C\C/C=C\C/C=C\C/C=C\CC)OC(=O)CCCCCCC/C=C\C/C=C\CCC. The number of esters is 2. The van der Waals surface area contributed by atoms with Gasteiger partial charge in [-0.15, -0.1) is 0 Å². The van der Waals surface area contributed by atoms with Gasteiger partial charge in [-0.25, -0.2) is 0 Å². The highest BCUT2D eigenvalue weighted by Crippen LogP contribution is 2.11. The first kappa shape index (κ1) is 61.8. The Morgan fingerprint density at radius 3 is 1.15 bits per heavy atom. The summed E-state index contributed by atoms with van der Waals surface area (Å²) in [5, 5.41) is 0. The molecule has 0 aliphatic rings. The minimum Gasteiger partial charge on any atom is -0.462 e. The van der Waals surface area contributed by atoms with E-state index in [1.807, 2.05) is 6.08 Å². The van der Waals surface area contributed by atoms with Crippen molar-refractivity contribution in [3.63, 3.8) is 0 Å². The van der Waals surface area contributed by atoms with E-state index in [2.05, 4.69) is 161 Å². The summed E-state index contributed by atoms with van der Waals surface area (Å²) in [4.78, 5) is 25.4. The van der Waals surface area contributed by atoms with Crippen LogP contribution in [0, 0.1) is 0 Å². The van der Waals surface area contributed by atoms with Crippen molar-refractivity contribution in [1.29, 1.82) is 0 Å². The molecule has 0 saturated heterocycles. The van der Waals surface area contributed by atoms with Crippen LogP contribution in [0.3, 0.4) is 0 Å². The summed E-state index contributed by atoms with van der Waals surface area (Å²) < 4.78 is 17.3. The molecule has 0 bridgehead atoms. The van der Waals surface area contributed by atoms with Crippen LogP contribution in [0.15, 0.2) is 146 Å². The van der Waals surface area contributed by atoms with Crippen molar-refractivity contribution in [2.45, 2.75) is 207 Å². The molecule has 0 spiro atoms. The van der Waals surface area contributed by atoms with Crippen molar-refractivity contribution in [2.75, 3.05) is 19.8 Å². The molecule has 370 valence electrons. The maximum atomic E-state index is 12.8. The van der Waals surface area contributed by atoms with Crippen molar-refractivity contribution < 1.29 is 23.8 Å². The van der Waals surface area contributed by atoms with E-state index in [0.717, 1.165) is 122 Å². The van der Waals surface area contributed by atoms with Gasteiger partial charge in [-0.3, -0.25) is 9.59 Å². The number of rotatable bonds is 46. The molecular formula is C61H96O5. The van der Waals surface area contributed by atoms with Gasteiger partial charge in [-0.05, 0) is 122 Å². The molecule has 0 fully saturated rings. The molecule has 0 aliphatic heterocycles. The van der Waals surface area contributed by atoms with Crippen molar-refractivity contribution in [3.8, 4) is 0 Å². The second-order valence-corrected chi connectivity index (χ2v) is 16.7. The molecule has 0 rings (SSSR count). The Morgan fingerprint density at radius 2 is 0.712 bits per heavy atom. The highest BCUT2D eigenvalue weighted by Gasteiger charge is 2.17. The predicted molar refractivity (Wildman–Crippen MR) is 288 cm³/mol. The summed E-state index contributed by atoms with van der Waals surface area (Å²) in [5.74, 6) is -0.534. The Morgan fingerprint density at radius 1 is 0.348 bits per heavy atom. The first-order valence-corrected chi connectivity index (χ1v) is 26.4. The van der Waals surface area contributed by atoms with Gasteiger partial charge < -0.3 is 14.2 Å². The number of hydrogen-bond donors (Lipinski definition) is 0. The lowest BCUT2D eigenvalue weighted by Crippen LogP contribution is -2.30. The largest absolute Gasteiger partial charge is 0.462 e. The molecule has 66 heavy (non-hydrogen) atoms. The Hall–Kier alpha value is -4.22. The maximum Gasteiger partial charge on any atom is 0.306 e. The van der Waals surface area contributed by atoms with Crippen LogP contribution >= 0.6 is 0 Å². The fourth-order valence-corrected chi connectivity index (χ4v) is 6.50. The summed E-state index contributed by atoms with van der Waals surface area (Å²) in [6, 6.07) is 0. The molecule has 0 N–H and O–H groups in total. The third-order valence-electron chi connectivity index (χ3n) is 10.3. The number of carbonyl (C=O) groups excluding carboxylic acids is 2. The average Bonchev–Trinajstić information content (AvgIpc) is 3.32. The maximum absolute atomic E-state index is 12.8. The minimum atomic E-state index is -0.595. The van der Waals surface area contributed by atoms with Crippen LogP contribution < -0.4 is 0 Å². The van der Waals surface area contributed by atoms with Crippen LogP contribution in [-0.4, -0.2) is 37.9 Å². The minimum absolute atomic E-state index is 0.0214. The second-order valence-electron chi connectivity index (χ2n) is 16.7. The van der Waals surface area contributed by atoms with Crippen LogP contribution in [0.2, 0.25) is 0 Å². The predicted octanol–water partition coefficient (Wildman–Crippen LogP) is 18.1. The first-order chi connectivity index (χ1) is 32.6. The zero-order valence-electron chi connectivity index (χ0n) is 42.4. The molecule has 1 atom stereocenters. The third-order valence-corrected chi connectivity index (χ3v) is 10.3. The van der Waals surface area contributed by atoms with Crippen LogP contribution in [0.4, 0.5) is 0 Å². The highest BCUT2D eigenvalue weighted by atomic mass is 16.6. The van der Waals surface area contributed by atoms with Crippen LogP contribution in [0.25, 0.3) is 0 Å². The summed E-state index contributed by atoms with van der Waals surface area (Å²) in [5.41, 5.74) is 0. The van der Waals surface area contributed by atoms with Crippen molar-refractivity contribution >= 4 is 11.9 Å². The highest BCUT2D eigenvalue weighted by molar-refractivity contribution is 5.70. The quantitative estimate of drug-likeness (QED) is 0.0346. The van der Waals surface area contributed by atoms with E-state index in [-0.39, 0.29) is 31.6 Å². The summed E-state index contributed by atoms with van der Waals surface area (Å²) in [6.07, 6.45) is 80.1. The molecule has 5 nitrogen and oxygen atoms in total. The van der Waals surface area contributed by atoms with E-state index in [9.17, 15) is 9.59 Å². The van der Waals surface area contributed by atoms with Gasteiger partial charge in [-0.1, -0.05) is 212 Å². The van der Waals surface area contributed by atoms with Gasteiger partial charge in [0.05, 0.1) is 6.61 Å². The van der Waals surface area contributed by atoms with E-state index in [1.165, 1.54) is 38.5 Å². The van der Waals surface area contributed by atoms with Crippen molar-refractivity contribution in [2.24, 2.45) is 0 Å². The van der Waals surface area contributed by atoms with Gasteiger partial charge in [0.2, 0.25) is 0 Å². The second kappa shape index (κ2) is 55.1. The van der Waals surface area contributed by atoms with E-state index in [4.69, 9.17) is 14.2 Å². The monoisotopic (exact) mass is 909 g/mol. The van der Waals surface area contributed by atoms with E-state index >= 15 is 0 Å². The van der Waals surface area contributed by atoms with Gasteiger partial charge >= 0.3 is 11.9 Å². The molecule has 0 aliphatic carbocycles. The van der Waals surface area contributed by atoms with Crippen LogP contribution in [0.1, 0.15) is 201 Å². The van der Waals surface area contributed by atoms with Gasteiger partial charge in [0.25, 0.3) is 0 Å². The fourth-order valence-electron chi connectivity index (χ4n) is 6.50. The van der Waals surface area contributed by atoms with E-state index < -0.39 is 6.10 Å². The number of unbranched alkanes of at least 4 members (excludes halogenated alkanes) is 11. The average molecular weight is 909 g/mol. The third kappa shape index (κ3) is 52.4. The standard InChI is InChI=1S/C61H96O5/c1-4-7-10-13-16-19-22-25-27-29-31-32-34-37-39-42-45-48-51-54-60(62)65-58-59(66-61(63)55-52-49-46-43-40-36-24-21-18-15-12-9-6-3)57-64-56-53-50-47-44-41-38-35-33-30-28-26-23-20-17-14-11-8-5-2/h7-8,10-12,15-17,19-21,24-28,31-33,35,37,39,45,48,59H,4-6,9,13-14,18,22-23,29-30,34,36,38,40-44,46-47,49-58H2,1-3H3/b10-7-,11-8-,15-12-,19-16-,20-17-,24-21-,27-25-,28-26-,32-31-,35-33-,39-37-,48-45-. The molecule has 1 unspecified atom stereocenters. The van der Waals surface area contributed by atoms with Crippen LogP contribution in [-0.2, 0) is 23.8 Å². The lowest BCUT2D eigenvalue weighted by molar-refractivity contribution is -0.162. The number of carbonyl (C=O) groups is 2. The molecule has 0 saturated carbocycles. The Kier molecular flexibility index (Phi) is 51.6. The smallest absolute Gasteiger partial charge is 0.306 e. The van der Waals surface area contributed by atoms with Gasteiger partial charge in [0.1, 0.15) is 6.61 Å². The summed E-state index contributed by atoms with van der Waals surface area (Å²) in [7, 11) is 0. The molecule has 0 heterocycles. The number of ether oxygens (including phenoxy) is 3. The molecule has 0 aromatic heterocycles. The first-order valence-electron chi connectivity index (χ1n) is 26.4. The van der Waals surface area contributed by atoms with Gasteiger partial charge in [0.15, 0.2) is 6.10 Å². The Bertz CT molecular complexity index is 1450. The molecule has 0 aromatic carbocycles. The zero-order chi connectivity index (χ0) is 47.7. The zero-order valence-corrected chi connectivity index (χ0v) is 42.4. The molecule has 0 aromatic rings. The Labute approximate surface area is 406 Å². The summed E-state index contributed by atoms with van der Waals surface area (Å²) in [6.45, 7) is 7.38. The van der Waals surface area contributed by atoms with Gasteiger partial charge in [-0.2, -0.15) is 0 Å². The summed E-state index contributed by atoms with van der Waals surface area (Å²) >= 11 is 0.